The van der Waals surface area contributed by atoms with Crippen molar-refractivity contribution in [3.63, 3.8) is 0 Å². The maximum atomic E-state index is 12.3. The maximum Gasteiger partial charge on any atom is 0.350 e. The zero-order chi connectivity index (χ0) is 15.8. The lowest BCUT2D eigenvalue weighted by Gasteiger charge is -2.35. The molecule has 3 atom stereocenters. The predicted molar refractivity (Wildman–Crippen MR) is 72.4 cm³/mol. The van der Waals surface area contributed by atoms with Crippen LogP contribution in [0.1, 0.15) is 33.6 Å². The molecule has 0 aliphatic carbocycles. The van der Waals surface area contributed by atoms with Gasteiger partial charge in [0.1, 0.15) is 5.92 Å². The fourth-order valence-corrected chi connectivity index (χ4v) is 3.15. The van der Waals surface area contributed by atoms with E-state index in [0.717, 1.165) is 0 Å². The molecule has 2 aliphatic heterocycles. The summed E-state index contributed by atoms with van der Waals surface area (Å²) in [7, 11) is 0. The van der Waals surface area contributed by atoms with E-state index in [1.165, 1.54) is 0 Å². The van der Waals surface area contributed by atoms with E-state index < -0.39 is 34.8 Å². The monoisotopic (exact) mass is 296 g/mol. The van der Waals surface area contributed by atoms with Crippen molar-refractivity contribution in [2.45, 2.75) is 44.8 Å². The second-order valence-electron chi connectivity index (χ2n) is 5.45. The van der Waals surface area contributed by atoms with Crippen molar-refractivity contribution in [2.75, 3.05) is 13.2 Å². The molecule has 0 aromatic carbocycles. The molecule has 2 rings (SSSR count). The summed E-state index contributed by atoms with van der Waals surface area (Å²) in [4.78, 5) is 36.8. The van der Waals surface area contributed by atoms with Crippen molar-refractivity contribution in [3.8, 4) is 0 Å². The van der Waals surface area contributed by atoms with Crippen molar-refractivity contribution in [3.05, 3.63) is 12.2 Å². The van der Waals surface area contributed by atoms with Crippen molar-refractivity contribution in [1.29, 1.82) is 0 Å². The number of carbonyl (C=O) groups is 3. The van der Waals surface area contributed by atoms with Crippen molar-refractivity contribution in [2.24, 2.45) is 5.92 Å². The van der Waals surface area contributed by atoms with E-state index in [4.69, 9.17) is 14.2 Å². The van der Waals surface area contributed by atoms with E-state index in [-0.39, 0.29) is 25.2 Å². The quantitative estimate of drug-likeness (QED) is 0.440. The van der Waals surface area contributed by atoms with Gasteiger partial charge >= 0.3 is 11.9 Å². The van der Waals surface area contributed by atoms with Crippen LogP contribution in [0.3, 0.4) is 0 Å². The Kier molecular flexibility index (Phi) is 3.93. The first-order valence-corrected chi connectivity index (χ1v) is 7.10. The Balaban J connectivity index is 2.46. The van der Waals surface area contributed by atoms with Gasteiger partial charge in [-0.1, -0.05) is 6.58 Å². The Bertz CT molecular complexity index is 510. The Morgan fingerprint density at radius 2 is 1.95 bits per heavy atom. The number of carbonyl (C=O) groups excluding carboxylic acids is 3. The van der Waals surface area contributed by atoms with Gasteiger partial charge in [0.05, 0.1) is 18.8 Å². The van der Waals surface area contributed by atoms with E-state index in [0.29, 0.717) is 6.42 Å². The average Bonchev–Trinajstić information content (AvgIpc) is 2.62. The number of ether oxygens (including phenoxy) is 3. The summed E-state index contributed by atoms with van der Waals surface area (Å²) < 4.78 is 15.8. The highest BCUT2D eigenvalue weighted by molar-refractivity contribution is 6.13. The second-order valence-corrected chi connectivity index (χ2v) is 5.45. The highest BCUT2D eigenvalue weighted by atomic mass is 16.6. The fraction of sp³-hybridized carbons (Fsp3) is 0.667. The van der Waals surface area contributed by atoms with Gasteiger partial charge in [0.25, 0.3) is 0 Å². The molecule has 6 heteroatoms. The van der Waals surface area contributed by atoms with Crippen LogP contribution < -0.4 is 0 Å². The minimum atomic E-state index is -1.86. The zero-order valence-electron chi connectivity index (χ0n) is 12.6. The summed E-state index contributed by atoms with van der Waals surface area (Å²) in [6.07, 6.45) is 0.486. The molecule has 2 heterocycles. The molecule has 2 saturated heterocycles. The van der Waals surface area contributed by atoms with Gasteiger partial charge < -0.3 is 14.2 Å². The van der Waals surface area contributed by atoms with E-state index in [2.05, 4.69) is 6.58 Å². The third-order valence-electron chi connectivity index (χ3n) is 4.12. The highest BCUT2D eigenvalue weighted by Crippen LogP contribution is 2.53. The molecule has 21 heavy (non-hydrogen) atoms. The van der Waals surface area contributed by atoms with Crippen LogP contribution in [0.2, 0.25) is 0 Å². The van der Waals surface area contributed by atoms with Crippen LogP contribution in [0, 0.1) is 5.92 Å². The largest absolute Gasteiger partial charge is 0.465 e. The van der Waals surface area contributed by atoms with Gasteiger partial charge in [0.15, 0.2) is 5.78 Å². The number of esters is 2. The molecule has 0 aromatic heterocycles. The normalized spacial score (nSPS) is 34.7. The standard InChI is InChI=1S/C15H20O6/c1-5-19-12(17)11-9(3)15(13(18)20-6-2)10(16)7-8-14(11,4)21-15/h11H,3,5-8H2,1-2,4H3/t11-,14-,15-/m1/s1. The Labute approximate surface area is 123 Å². The van der Waals surface area contributed by atoms with E-state index >= 15 is 0 Å². The first-order valence-electron chi connectivity index (χ1n) is 7.10. The van der Waals surface area contributed by atoms with Gasteiger partial charge in [0, 0.05) is 6.42 Å². The molecule has 0 radical (unpaired) electrons. The number of fused-ring (bicyclic) bond motifs is 2. The molecule has 2 fully saturated rings. The third-order valence-corrected chi connectivity index (χ3v) is 4.12. The number of hydrogen-bond acceptors (Lipinski definition) is 6. The summed E-state index contributed by atoms with van der Waals surface area (Å²) in [5, 5.41) is 0. The summed E-state index contributed by atoms with van der Waals surface area (Å²) in [5.74, 6) is -2.56. The number of rotatable bonds is 4. The van der Waals surface area contributed by atoms with Gasteiger partial charge in [-0.15, -0.1) is 0 Å². The molecule has 0 amide bonds. The lowest BCUT2D eigenvalue weighted by atomic mass is 9.82. The van der Waals surface area contributed by atoms with Crippen LogP contribution >= 0.6 is 0 Å². The first-order chi connectivity index (χ1) is 9.83. The Morgan fingerprint density at radius 3 is 2.52 bits per heavy atom. The molecule has 0 spiro atoms. The molecule has 0 unspecified atom stereocenters. The molecule has 2 aliphatic rings. The van der Waals surface area contributed by atoms with Gasteiger partial charge in [-0.25, -0.2) is 4.79 Å². The fourth-order valence-electron chi connectivity index (χ4n) is 3.15. The van der Waals surface area contributed by atoms with Crippen LogP contribution in [0.15, 0.2) is 12.2 Å². The maximum absolute atomic E-state index is 12.3. The Morgan fingerprint density at radius 1 is 1.33 bits per heavy atom. The number of ketones is 1. The lowest BCUT2D eigenvalue weighted by molar-refractivity contribution is -0.191. The third kappa shape index (κ3) is 2.09. The molecular weight excluding hydrogens is 276 g/mol. The smallest absolute Gasteiger partial charge is 0.350 e. The zero-order valence-corrected chi connectivity index (χ0v) is 12.6. The number of hydrogen-bond donors (Lipinski definition) is 0. The van der Waals surface area contributed by atoms with Crippen LogP contribution in [0.25, 0.3) is 0 Å². The Hall–Kier alpha value is -1.69. The van der Waals surface area contributed by atoms with E-state index in [1.807, 2.05) is 0 Å². The van der Waals surface area contributed by atoms with Crippen LogP contribution in [-0.2, 0) is 28.6 Å². The highest BCUT2D eigenvalue weighted by Gasteiger charge is 2.69. The van der Waals surface area contributed by atoms with Gasteiger partial charge in [-0.05, 0) is 32.8 Å². The molecule has 2 bridgehead atoms. The molecular formula is C15H20O6. The number of Topliss-reactive ketones (excluding diaryl/α,β-unsaturated/α-hetero) is 1. The molecule has 0 saturated carbocycles. The summed E-state index contributed by atoms with van der Waals surface area (Å²) in [6.45, 7) is 9.16. The summed E-state index contributed by atoms with van der Waals surface area (Å²) >= 11 is 0. The minimum Gasteiger partial charge on any atom is -0.465 e. The van der Waals surface area contributed by atoms with Crippen molar-refractivity contribution >= 4 is 17.7 Å². The van der Waals surface area contributed by atoms with Gasteiger partial charge in [0.2, 0.25) is 5.60 Å². The summed E-state index contributed by atoms with van der Waals surface area (Å²) in [5.41, 5.74) is -2.70. The minimum absolute atomic E-state index is 0.116. The lowest BCUT2D eigenvalue weighted by Crippen LogP contribution is -2.53. The topological polar surface area (TPSA) is 78.9 Å². The SMILES string of the molecule is C=C1[C@H](C(=O)OCC)[C@@]2(C)CCC(=O)[C@]1(C(=O)OCC)O2. The second kappa shape index (κ2) is 5.26. The van der Waals surface area contributed by atoms with Gasteiger partial charge in [-0.3, -0.25) is 9.59 Å². The molecule has 0 N–H and O–H groups in total. The van der Waals surface area contributed by atoms with Crippen LogP contribution in [-0.4, -0.2) is 42.1 Å². The predicted octanol–water partition coefficient (Wildman–Crippen LogP) is 1.18. The molecule has 0 aromatic rings. The molecule has 6 nitrogen and oxygen atoms in total. The van der Waals surface area contributed by atoms with Crippen molar-refractivity contribution in [1.82, 2.24) is 0 Å². The average molecular weight is 296 g/mol. The van der Waals surface area contributed by atoms with Crippen molar-refractivity contribution < 1.29 is 28.6 Å². The first kappa shape index (κ1) is 15.7. The van der Waals surface area contributed by atoms with E-state index in [1.54, 1.807) is 20.8 Å². The van der Waals surface area contributed by atoms with E-state index in [9.17, 15) is 14.4 Å². The summed E-state index contributed by atoms with van der Waals surface area (Å²) in [6, 6.07) is 0. The van der Waals surface area contributed by atoms with Crippen LogP contribution in [0.4, 0.5) is 0 Å². The molecule has 116 valence electrons. The van der Waals surface area contributed by atoms with Gasteiger partial charge in [-0.2, -0.15) is 0 Å². The van der Waals surface area contributed by atoms with Crippen LogP contribution in [0.5, 0.6) is 0 Å².